The molecule has 0 saturated heterocycles. The first-order valence-electron chi connectivity index (χ1n) is 13.6. The molecule has 0 aromatic carbocycles. The van der Waals surface area contributed by atoms with Gasteiger partial charge in [-0.15, -0.1) is 0 Å². The minimum absolute atomic E-state index is 0.0838. The average Bonchev–Trinajstić information content (AvgIpc) is 3.14. The van der Waals surface area contributed by atoms with Crippen LogP contribution in [0.15, 0.2) is 11.6 Å². The van der Waals surface area contributed by atoms with Gasteiger partial charge in [0.05, 0.1) is 6.10 Å². The van der Waals surface area contributed by atoms with E-state index in [0.29, 0.717) is 10.8 Å². The third-order valence-electron chi connectivity index (χ3n) is 11.2. The Kier molecular flexibility index (Phi) is 6.53. The van der Waals surface area contributed by atoms with E-state index in [1.165, 1.54) is 57.8 Å². The molecule has 4 aliphatic rings. The largest absolute Gasteiger partial charge is 0.393 e. The summed E-state index contributed by atoms with van der Waals surface area (Å²) in [5.74, 6) is 6.41. The SMILES string of the molecule is CC[C@H](CC[C@@H](C)[C@H]1CC[C@@H]2[C@H]1CC[C@H]1[C@@]2(C)CC=C2C[C@@H](O)CC[C@@]21C)C(C)C. The Morgan fingerprint density at radius 1 is 1.03 bits per heavy atom. The minimum atomic E-state index is -0.0838. The molecule has 0 unspecified atom stereocenters. The van der Waals surface area contributed by atoms with E-state index in [0.717, 1.165) is 54.3 Å². The summed E-state index contributed by atoms with van der Waals surface area (Å²) in [6, 6.07) is 0. The highest BCUT2D eigenvalue weighted by atomic mass is 16.3. The minimum Gasteiger partial charge on any atom is -0.393 e. The molecule has 0 aromatic rings. The summed E-state index contributed by atoms with van der Waals surface area (Å²) >= 11 is 0. The third kappa shape index (κ3) is 3.74. The van der Waals surface area contributed by atoms with Gasteiger partial charge in [-0.05, 0) is 110 Å². The summed E-state index contributed by atoms with van der Waals surface area (Å²) in [4.78, 5) is 0. The van der Waals surface area contributed by atoms with Gasteiger partial charge in [0.15, 0.2) is 0 Å². The van der Waals surface area contributed by atoms with Crippen molar-refractivity contribution in [1.29, 1.82) is 0 Å². The van der Waals surface area contributed by atoms with Crippen LogP contribution < -0.4 is 0 Å². The van der Waals surface area contributed by atoms with E-state index in [4.69, 9.17) is 0 Å². The van der Waals surface area contributed by atoms with Gasteiger partial charge in [-0.1, -0.05) is 66.0 Å². The van der Waals surface area contributed by atoms with Gasteiger partial charge in [-0.3, -0.25) is 0 Å². The molecule has 30 heavy (non-hydrogen) atoms. The number of fused-ring (bicyclic) bond motifs is 5. The molecule has 9 atom stereocenters. The van der Waals surface area contributed by atoms with Crippen LogP contribution in [0.1, 0.15) is 112 Å². The zero-order chi connectivity index (χ0) is 21.7. The van der Waals surface area contributed by atoms with Crippen molar-refractivity contribution in [2.45, 2.75) is 118 Å². The van der Waals surface area contributed by atoms with E-state index < -0.39 is 0 Å². The van der Waals surface area contributed by atoms with Gasteiger partial charge in [0.1, 0.15) is 0 Å². The number of aliphatic hydroxyl groups is 1. The highest BCUT2D eigenvalue weighted by Gasteiger charge is 2.59. The summed E-state index contributed by atoms with van der Waals surface area (Å²) in [7, 11) is 0. The van der Waals surface area contributed by atoms with Crippen LogP contribution in [0.3, 0.4) is 0 Å². The van der Waals surface area contributed by atoms with E-state index in [2.05, 4.69) is 47.6 Å². The van der Waals surface area contributed by atoms with Crippen molar-refractivity contribution in [3.05, 3.63) is 11.6 Å². The molecule has 0 radical (unpaired) electrons. The number of hydrogen-bond acceptors (Lipinski definition) is 1. The smallest absolute Gasteiger partial charge is 0.0577 e. The summed E-state index contributed by atoms with van der Waals surface area (Å²) in [5, 5.41) is 10.3. The van der Waals surface area contributed by atoms with Crippen molar-refractivity contribution in [1.82, 2.24) is 0 Å². The van der Waals surface area contributed by atoms with E-state index in [1.54, 1.807) is 5.57 Å². The molecule has 172 valence electrons. The first-order chi connectivity index (χ1) is 14.2. The quantitative estimate of drug-likeness (QED) is 0.436. The first kappa shape index (κ1) is 22.9. The van der Waals surface area contributed by atoms with E-state index >= 15 is 0 Å². The second kappa shape index (κ2) is 8.57. The van der Waals surface area contributed by atoms with Crippen LogP contribution in [0.4, 0.5) is 0 Å². The molecule has 0 spiro atoms. The zero-order valence-electron chi connectivity index (χ0n) is 20.9. The fourth-order valence-electron chi connectivity index (χ4n) is 9.30. The Balaban J connectivity index is 1.47. The molecule has 0 aromatic heterocycles. The van der Waals surface area contributed by atoms with Crippen LogP contribution in [-0.4, -0.2) is 11.2 Å². The van der Waals surface area contributed by atoms with Crippen LogP contribution in [-0.2, 0) is 0 Å². The third-order valence-corrected chi connectivity index (χ3v) is 11.2. The Hall–Kier alpha value is -0.300. The average molecular weight is 415 g/mol. The van der Waals surface area contributed by atoms with Gasteiger partial charge in [-0.25, -0.2) is 0 Å². The van der Waals surface area contributed by atoms with Crippen LogP contribution in [0, 0.1) is 52.3 Å². The lowest BCUT2D eigenvalue weighted by atomic mass is 9.44. The van der Waals surface area contributed by atoms with E-state index in [-0.39, 0.29) is 6.10 Å². The Morgan fingerprint density at radius 2 is 1.80 bits per heavy atom. The van der Waals surface area contributed by atoms with Crippen LogP contribution in [0.25, 0.3) is 0 Å². The normalized spacial score (nSPS) is 45.3. The second-order valence-electron chi connectivity index (χ2n) is 12.9. The maximum absolute atomic E-state index is 10.3. The summed E-state index contributed by atoms with van der Waals surface area (Å²) in [5.41, 5.74) is 2.48. The number of hydrogen-bond donors (Lipinski definition) is 1. The maximum Gasteiger partial charge on any atom is 0.0577 e. The fraction of sp³-hybridized carbons (Fsp3) is 0.931. The topological polar surface area (TPSA) is 20.2 Å². The molecular weight excluding hydrogens is 364 g/mol. The van der Waals surface area contributed by atoms with Gasteiger partial charge < -0.3 is 5.11 Å². The molecule has 0 bridgehead atoms. The molecule has 4 aliphatic carbocycles. The molecule has 1 heteroatoms. The summed E-state index contributed by atoms with van der Waals surface area (Å²) in [6.45, 7) is 15.1. The molecule has 0 heterocycles. The second-order valence-corrected chi connectivity index (χ2v) is 12.9. The van der Waals surface area contributed by atoms with Crippen molar-refractivity contribution in [3.63, 3.8) is 0 Å². The highest BCUT2D eigenvalue weighted by Crippen LogP contribution is 2.68. The maximum atomic E-state index is 10.3. The molecule has 0 aliphatic heterocycles. The van der Waals surface area contributed by atoms with Crippen molar-refractivity contribution in [2.75, 3.05) is 0 Å². The predicted octanol–water partition coefficient (Wildman–Crippen LogP) is 8.02. The number of allylic oxidation sites excluding steroid dienone is 1. The Labute approximate surface area is 187 Å². The van der Waals surface area contributed by atoms with Gasteiger partial charge in [0.25, 0.3) is 0 Å². The lowest BCUT2D eigenvalue weighted by molar-refractivity contribution is -0.0773. The molecule has 4 rings (SSSR count). The Morgan fingerprint density at radius 3 is 2.50 bits per heavy atom. The molecule has 0 amide bonds. The zero-order valence-corrected chi connectivity index (χ0v) is 20.9. The summed E-state index contributed by atoms with van der Waals surface area (Å²) < 4.78 is 0. The number of rotatable bonds is 6. The lowest BCUT2D eigenvalue weighted by Gasteiger charge is -2.61. The molecule has 3 fully saturated rings. The van der Waals surface area contributed by atoms with Gasteiger partial charge in [0.2, 0.25) is 0 Å². The fourth-order valence-corrected chi connectivity index (χ4v) is 9.30. The van der Waals surface area contributed by atoms with Crippen LogP contribution >= 0.6 is 0 Å². The molecule has 1 N–H and O–H groups in total. The predicted molar refractivity (Wildman–Crippen MR) is 128 cm³/mol. The van der Waals surface area contributed by atoms with Crippen molar-refractivity contribution in [2.24, 2.45) is 52.3 Å². The summed E-state index contributed by atoms with van der Waals surface area (Å²) in [6.07, 6.45) is 17.1. The van der Waals surface area contributed by atoms with Crippen molar-refractivity contribution in [3.8, 4) is 0 Å². The molecule has 3 saturated carbocycles. The number of aliphatic hydroxyl groups excluding tert-OH is 1. The standard InChI is InChI=1S/C29H50O/c1-7-21(19(2)3)9-8-20(4)24-10-12-26-25(24)11-13-27-28(5)17-15-23(30)18-22(28)14-16-29(26,27)6/h14,19-21,23-27,30H,7-13,15-18H2,1-6H3/t20-,21-,23+,24-,25+,26-,27-,28+,29+/m1/s1. The lowest BCUT2D eigenvalue weighted by Crippen LogP contribution is -2.53. The first-order valence-corrected chi connectivity index (χ1v) is 13.6. The Bertz CT molecular complexity index is 634. The molecular formula is C29H50O. The van der Waals surface area contributed by atoms with Crippen LogP contribution in [0.5, 0.6) is 0 Å². The van der Waals surface area contributed by atoms with Gasteiger partial charge in [-0.2, -0.15) is 0 Å². The highest BCUT2D eigenvalue weighted by molar-refractivity contribution is 5.27. The van der Waals surface area contributed by atoms with Gasteiger partial charge in [0, 0.05) is 0 Å². The van der Waals surface area contributed by atoms with Crippen LogP contribution in [0.2, 0.25) is 0 Å². The molecule has 1 nitrogen and oxygen atoms in total. The van der Waals surface area contributed by atoms with Crippen molar-refractivity contribution >= 4 is 0 Å². The van der Waals surface area contributed by atoms with E-state index in [1.807, 2.05) is 0 Å². The van der Waals surface area contributed by atoms with E-state index in [9.17, 15) is 5.11 Å². The monoisotopic (exact) mass is 414 g/mol. The van der Waals surface area contributed by atoms with Crippen molar-refractivity contribution < 1.29 is 5.11 Å². The van der Waals surface area contributed by atoms with Gasteiger partial charge >= 0.3 is 0 Å².